The summed E-state index contributed by atoms with van der Waals surface area (Å²) < 4.78 is 4.96. The zero-order chi connectivity index (χ0) is 12.3. The molecule has 2 fully saturated rings. The zero-order valence-corrected chi connectivity index (χ0v) is 11.0. The second-order valence-corrected chi connectivity index (χ2v) is 5.58. The Morgan fingerprint density at radius 1 is 1.35 bits per heavy atom. The van der Waals surface area contributed by atoms with Gasteiger partial charge in [0.1, 0.15) is 5.54 Å². The van der Waals surface area contributed by atoms with Crippen molar-refractivity contribution in [1.29, 1.82) is 0 Å². The first-order chi connectivity index (χ1) is 8.14. The van der Waals surface area contributed by atoms with Crippen LogP contribution in [-0.2, 0) is 9.53 Å². The third-order valence-corrected chi connectivity index (χ3v) is 3.72. The van der Waals surface area contributed by atoms with Crippen LogP contribution < -0.4 is 5.32 Å². The highest BCUT2D eigenvalue weighted by atomic mass is 16.5. The third-order valence-electron chi connectivity index (χ3n) is 3.72. The van der Waals surface area contributed by atoms with Crippen LogP contribution >= 0.6 is 0 Å². The molecule has 0 aromatic rings. The Kier molecular flexibility index (Phi) is 4.05. The lowest BCUT2D eigenvalue weighted by Gasteiger charge is -2.36. The van der Waals surface area contributed by atoms with Gasteiger partial charge in [-0.1, -0.05) is 6.42 Å². The first-order valence-corrected chi connectivity index (χ1v) is 6.72. The molecule has 0 bridgehead atoms. The Labute approximate surface area is 104 Å². The molecule has 1 aliphatic heterocycles. The van der Waals surface area contributed by atoms with Crippen molar-refractivity contribution in [3.63, 3.8) is 0 Å². The number of methoxy groups -OCH3 is 1. The minimum atomic E-state index is -0.534. The molecule has 1 atom stereocenters. The number of hydrogen-bond donors (Lipinski definition) is 1. The SMILES string of the molecule is COC(=O)C(C)(CN1CCCCC1)NC1CC1. The highest BCUT2D eigenvalue weighted by Crippen LogP contribution is 2.24. The van der Waals surface area contributed by atoms with Crippen LogP contribution in [0.1, 0.15) is 39.0 Å². The highest BCUT2D eigenvalue weighted by Gasteiger charge is 2.40. The number of rotatable bonds is 5. The minimum Gasteiger partial charge on any atom is -0.468 e. The molecule has 1 heterocycles. The Morgan fingerprint density at radius 3 is 2.53 bits per heavy atom. The maximum absolute atomic E-state index is 12.0. The van der Waals surface area contributed by atoms with E-state index in [-0.39, 0.29) is 5.97 Å². The predicted octanol–water partition coefficient (Wildman–Crippen LogP) is 1.16. The zero-order valence-electron chi connectivity index (χ0n) is 11.0. The molecule has 2 rings (SSSR count). The molecule has 4 nitrogen and oxygen atoms in total. The van der Waals surface area contributed by atoms with E-state index in [1.807, 2.05) is 6.92 Å². The number of carbonyl (C=O) groups excluding carboxylic acids is 1. The molecule has 0 amide bonds. The maximum atomic E-state index is 12.0. The van der Waals surface area contributed by atoms with Gasteiger partial charge in [-0.3, -0.25) is 10.1 Å². The summed E-state index contributed by atoms with van der Waals surface area (Å²) in [6.45, 7) is 4.97. The van der Waals surface area contributed by atoms with Crippen molar-refractivity contribution in [3.05, 3.63) is 0 Å². The standard InChI is InChI=1S/C13H24N2O2/c1-13(12(16)17-2,14-11-6-7-11)10-15-8-4-3-5-9-15/h11,14H,3-10H2,1-2H3. The third kappa shape index (κ3) is 3.42. The number of likely N-dealkylation sites (tertiary alicyclic amines) is 1. The van der Waals surface area contributed by atoms with Crippen molar-refractivity contribution in [2.75, 3.05) is 26.7 Å². The largest absolute Gasteiger partial charge is 0.468 e. The van der Waals surface area contributed by atoms with Crippen molar-refractivity contribution in [1.82, 2.24) is 10.2 Å². The van der Waals surface area contributed by atoms with Crippen LogP contribution in [-0.4, -0.2) is 49.2 Å². The molecule has 1 N–H and O–H groups in total. The van der Waals surface area contributed by atoms with E-state index in [9.17, 15) is 4.79 Å². The lowest BCUT2D eigenvalue weighted by atomic mass is 9.99. The van der Waals surface area contributed by atoms with Crippen LogP contribution in [0, 0.1) is 0 Å². The molecule has 4 heteroatoms. The molecule has 1 saturated heterocycles. The van der Waals surface area contributed by atoms with E-state index in [2.05, 4.69) is 10.2 Å². The van der Waals surface area contributed by atoms with E-state index in [0.29, 0.717) is 6.04 Å². The number of esters is 1. The minimum absolute atomic E-state index is 0.130. The fourth-order valence-electron chi connectivity index (χ4n) is 2.64. The second-order valence-electron chi connectivity index (χ2n) is 5.58. The summed E-state index contributed by atoms with van der Waals surface area (Å²) in [4.78, 5) is 14.3. The van der Waals surface area contributed by atoms with Gasteiger partial charge in [-0.25, -0.2) is 0 Å². The molecule has 0 aromatic carbocycles. The van der Waals surface area contributed by atoms with E-state index in [4.69, 9.17) is 4.74 Å². The van der Waals surface area contributed by atoms with Crippen molar-refractivity contribution in [3.8, 4) is 0 Å². The highest BCUT2D eigenvalue weighted by molar-refractivity contribution is 5.80. The monoisotopic (exact) mass is 240 g/mol. The van der Waals surface area contributed by atoms with Crippen molar-refractivity contribution in [2.24, 2.45) is 0 Å². The average molecular weight is 240 g/mol. The summed E-state index contributed by atoms with van der Waals surface area (Å²) in [6.07, 6.45) is 6.20. The smallest absolute Gasteiger partial charge is 0.327 e. The lowest BCUT2D eigenvalue weighted by molar-refractivity contribution is -0.149. The first kappa shape index (κ1) is 12.8. The number of nitrogens with zero attached hydrogens (tertiary/aromatic N) is 1. The van der Waals surface area contributed by atoms with E-state index in [1.54, 1.807) is 0 Å². The van der Waals surface area contributed by atoms with E-state index in [0.717, 1.165) is 19.6 Å². The summed E-state index contributed by atoms with van der Waals surface area (Å²) in [5, 5.41) is 3.45. The summed E-state index contributed by atoms with van der Waals surface area (Å²) in [5.41, 5.74) is -0.534. The van der Waals surface area contributed by atoms with Gasteiger partial charge in [-0.2, -0.15) is 0 Å². The van der Waals surface area contributed by atoms with Crippen molar-refractivity contribution >= 4 is 5.97 Å². The van der Waals surface area contributed by atoms with Gasteiger partial charge in [0.05, 0.1) is 7.11 Å². The first-order valence-electron chi connectivity index (χ1n) is 6.72. The van der Waals surface area contributed by atoms with Crippen LogP contribution in [0.3, 0.4) is 0 Å². The van der Waals surface area contributed by atoms with E-state index in [1.165, 1.54) is 39.2 Å². The second kappa shape index (κ2) is 5.36. The van der Waals surface area contributed by atoms with Crippen LogP contribution in [0.2, 0.25) is 0 Å². The van der Waals surface area contributed by atoms with Gasteiger partial charge in [0.15, 0.2) is 0 Å². The normalized spacial score (nSPS) is 25.3. The summed E-state index contributed by atoms with van der Waals surface area (Å²) in [7, 11) is 1.48. The number of hydrogen-bond acceptors (Lipinski definition) is 4. The quantitative estimate of drug-likeness (QED) is 0.732. The molecular formula is C13H24N2O2. The lowest BCUT2D eigenvalue weighted by Crippen LogP contribution is -2.58. The van der Waals surface area contributed by atoms with Gasteiger partial charge in [-0.15, -0.1) is 0 Å². The number of ether oxygens (including phenoxy) is 1. The fourth-order valence-corrected chi connectivity index (χ4v) is 2.64. The molecule has 0 aromatic heterocycles. The molecule has 0 spiro atoms. The number of carbonyl (C=O) groups is 1. The Bertz CT molecular complexity index is 273. The van der Waals surface area contributed by atoms with Gasteiger partial charge >= 0.3 is 5.97 Å². The summed E-state index contributed by atoms with van der Waals surface area (Å²) in [6, 6.07) is 0.517. The van der Waals surface area contributed by atoms with Crippen LogP contribution in [0.5, 0.6) is 0 Å². The molecule has 1 unspecified atom stereocenters. The molecule has 1 saturated carbocycles. The Morgan fingerprint density at radius 2 is 2.00 bits per heavy atom. The number of nitrogens with one attached hydrogen (secondary N) is 1. The summed E-state index contributed by atoms with van der Waals surface area (Å²) in [5.74, 6) is -0.130. The molecule has 0 radical (unpaired) electrons. The van der Waals surface area contributed by atoms with Gasteiger partial charge in [0.25, 0.3) is 0 Å². The van der Waals surface area contributed by atoms with Gasteiger partial charge in [0, 0.05) is 12.6 Å². The van der Waals surface area contributed by atoms with Crippen LogP contribution in [0.25, 0.3) is 0 Å². The average Bonchev–Trinajstić information content (AvgIpc) is 3.13. The maximum Gasteiger partial charge on any atom is 0.327 e. The van der Waals surface area contributed by atoms with Crippen LogP contribution in [0.15, 0.2) is 0 Å². The van der Waals surface area contributed by atoms with Crippen molar-refractivity contribution < 1.29 is 9.53 Å². The molecule has 2 aliphatic rings. The van der Waals surface area contributed by atoms with E-state index >= 15 is 0 Å². The molecule has 1 aliphatic carbocycles. The van der Waals surface area contributed by atoms with E-state index < -0.39 is 5.54 Å². The Balaban J connectivity index is 1.95. The topological polar surface area (TPSA) is 41.6 Å². The van der Waals surface area contributed by atoms with Gasteiger partial charge < -0.3 is 9.64 Å². The van der Waals surface area contributed by atoms with Gasteiger partial charge in [-0.05, 0) is 45.7 Å². The van der Waals surface area contributed by atoms with Gasteiger partial charge in [0.2, 0.25) is 0 Å². The molecular weight excluding hydrogens is 216 g/mol. The fraction of sp³-hybridized carbons (Fsp3) is 0.923. The molecule has 17 heavy (non-hydrogen) atoms. The van der Waals surface area contributed by atoms with Crippen LogP contribution in [0.4, 0.5) is 0 Å². The summed E-state index contributed by atoms with van der Waals surface area (Å²) >= 11 is 0. The van der Waals surface area contributed by atoms with Crippen molar-refractivity contribution in [2.45, 2.75) is 50.6 Å². The Hall–Kier alpha value is -0.610. The number of piperidine rings is 1. The predicted molar refractivity (Wildman–Crippen MR) is 66.9 cm³/mol. The molecule has 98 valence electrons.